The monoisotopic (exact) mass is 270 g/mol. The molecule has 1 aromatic carbocycles. The van der Waals surface area contributed by atoms with Gasteiger partial charge in [0.15, 0.2) is 17.4 Å². The van der Waals surface area contributed by atoms with Gasteiger partial charge in [-0.3, -0.25) is 14.5 Å². The van der Waals surface area contributed by atoms with E-state index in [1.807, 2.05) is 0 Å². The van der Waals surface area contributed by atoms with Crippen molar-refractivity contribution < 1.29 is 23.5 Å². The molecule has 1 atom stereocenters. The number of phenols is 1. The Morgan fingerprint density at radius 1 is 1.37 bits per heavy atom. The van der Waals surface area contributed by atoms with Gasteiger partial charge in [0.05, 0.1) is 12.5 Å². The summed E-state index contributed by atoms with van der Waals surface area (Å²) in [5.74, 6) is -3.84. The highest BCUT2D eigenvalue weighted by molar-refractivity contribution is 6.05. The van der Waals surface area contributed by atoms with Gasteiger partial charge in [-0.15, -0.1) is 0 Å². The highest BCUT2D eigenvalue weighted by atomic mass is 19.1. The van der Waals surface area contributed by atoms with Crippen molar-refractivity contribution >= 4 is 11.8 Å². The SMILES string of the molecule is CN1C(=O)CC(NCc2cc(F)c(O)c(F)c2)C1=O. The van der Waals surface area contributed by atoms with Crippen molar-refractivity contribution in [1.82, 2.24) is 10.2 Å². The van der Waals surface area contributed by atoms with Crippen molar-refractivity contribution in [3.63, 3.8) is 0 Å². The van der Waals surface area contributed by atoms with Crippen LogP contribution in [0.25, 0.3) is 0 Å². The van der Waals surface area contributed by atoms with Gasteiger partial charge in [-0.2, -0.15) is 0 Å². The molecule has 1 aliphatic heterocycles. The maximum Gasteiger partial charge on any atom is 0.246 e. The van der Waals surface area contributed by atoms with E-state index in [4.69, 9.17) is 5.11 Å². The van der Waals surface area contributed by atoms with Gasteiger partial charge in [-0.05, 0) is 17.7 Å². The first-order valence-electron chi connectivity index (χ1n) is 5.61. The minimum absolute atomic E-state index is 0.0195. The second-order valence-electron chi connectivity index (χ2n) is 4.34. The molecule has 1 fully saturated rings. The quantitative estimate of drug-likeness (QED) is 0.786. The highest BCUT2D eigenvalue weighted by Crippen LogP contribution is 2.21. The minimum Gasteiger partial charge on any atom is -0.503 e. The Kier molecular flexibility index (Phi) is 3.48. The topological polar surface area (TPSA) is 69.6 Å². The van der Waals surface area contributed by atoms with E-state index < -0.39 is 23.4 Å². The summed E-state index contributed by atoms with van der Waals surface area (Å²) in [5.41, 5.74) is 0.239. The third-order valence-corrected chi connectivity index (χ3v) is 3.01. The third kappa shape index (κ3) is 2.55. The molecule has 102 valence electrons. The van der Waals surface area contributed by atoms with Crippen LogP contribution in [0, 0.1) is 11.6 Å². The lowest BCUT2D eigenvalue weighted by atomic mass is 10.1. The third-order valence-electron chi connectivity index (χ3n) is 3.01. The van der Waals surface area contributed by atoms with Crippen molar-refractivity contribution in [3.05, 3.63) is 29.3 Å². The number of imide groups is 1. The summed E-state index contributed by atoms with van der Waals surface area (Å²) in [7, 11) is 1.38. The Hall–Kier alpha value is -2.02. The molecule has 0 radical (unpaired) electrons. The van der Waals surface area contributed by atoms with Crippen LogP contribution in [0.1, 0.15) is 12.0 Å². The van der Waals surface area contributed by atoms with Crippen molar-refractivity contribution in [2.45, 2.75) is 19.0 Å². The smallest absolute Gasteiger partial charge is 0.246 e. The van der Waals surface area contributed by atoms with Crippen LogP contribution in [-0.4, -0.2) is 34.9 Å². The number of likely N-dealkylation sites (N-methyl/N-ethyl adjacent to an activating group) is 1. The standard InChI is InChI=1S/C12H12F2N2O3/c1-16-10(17)4-9(12(16)19)15-5-6-2-7(13)11(18)8(14)3-6/h2-3,9,15,18H,4-5H2,1H3. The van der Waals surface area contributed by atoms with Gasteiger partial charge in [-0.1, -0.05) is 0 Å². The first-order chi connectivity index (χ1) is 8.90. The lowest BCUT2D eigenvalue weighted by Crippen LogP contribution is -2.36. The number of aromatic hydroxyl groups is 1. The van der Waals surface area contributed by atoms with Crippen LogP contribution in [0.5, 0.6) is 5.75 Å². The van der Waals surface area contributed by atoms with Crippen LogP contribution in [0.2, 0.25) is 0 Å². The molecule has 0 spiro atoms. The summed E-state index contributed by atoms with van der Waals surface area (Å²) >= 11 is 0. The summed E-state index contributed by atoms with van der Waals surface area (Å²) < 4.78 is 26.2. The number of benzene rings is 1. The molecule has 7 heteroatoms. The molecule has 0 aliphatic carbocycles. The molecule has 2 N–H and O–H groups in total. The molecular formula is C12H12F2N2O3. The van der Waals surface area contributed by atoms with Crippen molar-refractivity contribution in [3.8, 4) is 5.75 Å². The Morgan fingerprint density at radius 3 is 2.42 bits per heavy atom. The van der Waals surface area contributed by atoms with Crippen LogP contribution < -0.4 is 5.32 Å². The van der Waals surface area contributed by atoms with Crippen LogP contribution in [-0.2, 0) is 16.1 Å². The average Bonchev–Trinajstić information content (AvgIpc) is 2.61. The van der Waals surface area contributed by atoms with Crippen molar-refractivity contribution in [2.24, 2.45) is 0 Å². The number of carbonyl (C=O) groups is 2. The zero-order valence-electron chi connectivity index (χ0n) is 10.1. The first-order valence-corrected chi connectivity index (χ1v) is 5.61. The van der Waals surface area contributed by atoms with E-state index in [1.54, 1.807) is 0 Å². The number of likely N-dealkylation sites (tertiary alicyclic amines) is 1. The molecular weight excluding hydrogens is 258 g/mol. The number of rotatable bonds is 3. The van der Waals surface area contributed by atoms with Crippen LogP contribution in [0.4, 0.5) is 8.78 Å². The molecule has 1 heterocycles. The number of nitrogens with zero attached hydrogens (tertiary/aromatic N) is 1. The predicted molar refractivity (Wildman–Crippen MR) is 61.0 cm³/mol. The Balaban J connectivity index is 2.04. The van der Waals surface area contributed by atoms with Gasteiger partial charge in [-0.25, -0.2) is 8.78 Å². The fourth-order valence-corrected chi connectivity index (χ4v) is 1.88. The zero-order chi connectivity index (χ0) is 14.2. The van der Waals surface area contributed by atoms with E-state index in [-0.39, 0.29) is 30.3 Å². The molecule has 2 rings (SSSR count). The Labute approximate surface area is 107 Å². The van der Waals surface area contributed by atoms with Crippen LogP contribution in [0.3, 0.4) is 0 Å². The summed E-state index contributed by atoms with van der Waals surface area (Å²) in [6.45, 7) is 0.0195. The van der Waals surface area contributed by atoms with Crippen molar-refractivity contribution in [1.29, 1.82) is 0 Å². The second kappa shape index (κ2) is 4.93. The lowest BCUT2D eigenvalue weighted by molar-refractivity contribution is -0.137. The highest BCUT2D eigenvalue weighted by Gasteiger charge is 2.35. The van der Waals surface area contributed by atoms with Crippen LogP contribution >= 0.6 is 0 Å². The number of carbonyl (C=O) groups excluding carboxylic acids is 2. The van der Waals surface area contributed by atoms with Gasteiger partial charge in [0, 0.05) is 13.6 Å². The molecule has 19 heavy (non-hydrogen) atoms. The fraction of sp³-hybridized carbons (Fsp3) is 0.333. The van der Waals surface area contributed by atoms with Gasteiger partial charge >= 0.3 is 0 Å². The summed E-state index contributed by atoms with van der Waals surface area (Å²) in [5, 5.41) is 11.7. The maximum absolute atomic E-state index is 13.1. The van der Waals surface area contributed by atoms with E-state index in [9.17, 15) is 18.4 Å². The van der Waals surface area contributed by atoms with E-state index in [2.05, 4.69) is 5.32 Å². The Morgan fingerprint density at radius 2 is 1.95 bits per heavy atom. The Bertz CT molecular complexity index is 525. The zero-order valence-corrected chi connectivity index (χ0v) is 10.1. The van der Waals surface area contributed by atoms with E-state index in [0.717, 1.165) is 17.0 Å². The number of halogens is 2. The molecule has 2 amide bonds. The largest absolute Gasteiger partial charge is 0.503 e. The fourth-order valence-electron chi connectivity index (χ4n) is 1.88. The normalized spacial score (nSPS) is 19.3. The number of hydrogen-bond acceptors (Lipinski definition) is 4. The average molecular weight is 270 g/mol. The van der Waals surface area contributed by atoms with Crippen molar-refractivity contribution in [2.75, 3.05) is 7.05 Å². The van der Waals surface area contributed by atoms with E-state index in [0.29, 0.717) is 0 Å². The van der Waals surface area contributed by atoms with Gasteiger partial charge in [0.1, 0.15) is 0 Å². The van der Waals surface area contributed by atoms with E-state index >= 15 is 0 Å². The number of hydrogen-bond donors (Lipinski definition) is 2. The van der Waals surface area contributed by atoms with Crippen LogP contribution in [0.15, 0.2) is 12.1 Å². The minimum atomic E-state index is -1.07. The van der Waals surface area contributed by atoms with Gasteiger partial charge < -0.3 is 10.4 Å². The molecule has 1 aliphatic rings. The molecule has 1 aromatic rings. The first kappa shape index (κ1) is 13.4. The lowest BCUT2D eigenvalue weighted by Gasteiger charge is -2.11. The molecule has 1 saturated heterocycles. The number of amides is 2. The second-order valence-corrected chi connectivity index (χ2v) is 4.34. The predicted octanol–water partition coefficient (Wildman–Crippen LogP) is 0.517. The molecule has 0 bridgehead atoms. The van der Waals surface area contributed by atoms with Gasteiger partial charge in [0.25, 0.3) is 0 Å². The summed E-state index contributed by atoms with van der Waals surface area (Å²) in [4.78, 5) is 23.9. The maximum atomic E-state index is 13.1. The molecule has 5 nitrogen and oxygen atoms in total. The van der Waals surface area contributed by atoms with E-state index in [1.165, 1.54) is 7.05 Å². The molecule has 1 unspecified atom stereocenters. The van der Waals surface area contributed by atoms with Gasteiger partial charge in [0.2, 0.25) is 11.8 Å². The summed E-state index contributed by atoms with van der Waals surface area (Å²) in [6, 6.07) is 1.25. The summed E-state index contributed by atoms with van der Waals surface area (Å²) in [6.07, 6.45) is 0.0262. The number of phenolic OH excluding ortho intramolecular Hbond substituents is 1. The molecule has 0 saturated carbocycles. The number of nitrogens with one attached hydrogen (secondary N) is 1. The molecule has 0 aromatic heterocycles.